The normalized spacial score (nSPS) is 22.1. The number of alkyl halides is 1. The zero-order valence-corrected chi connectivity index (χ0v) is 16.2. The van der Waals surface area contributed by atoms with Crippen LogP contribution in [0, 0.1) is 5.82 Å². The van der Waals surface area contributed by atoms with Crippen molar-refractivity contribution in [2.75, 3.05) is 13.1 Å². The van der Waals surface area contributed by atoms with Crippen LogP contribution < -0.4 is 0 Å². The first-order chi connectivity index (χ1) is 13.7. The van der Waals surface area contributed by atoms with E-state index in [0.717, 1.165) is 48.3 Å². The molecule has 0 bridgehead atoms. The van der Waals surface area contributed by atoms with Crippen LogP contribution >= 0.6 is 11.6 Å². The van der Waals surface area contributed by atoms with Crippen LogP contribution in [-0.2, 0) is 0 Å². The average molecular weight is 394 g/mol. The van der Waals surface area contributed by atoms with E-state index in [9.17, 15) is 4.39 Å². The number of rotatable bonds is 3. The van der Waals surface area contributed by atoms with E-state index in [1.54, 1.807) is 0 Å². The molecule has 2 aliphatic heterocycles. The largest absolute Gasteiger partial charge is 0.360 e. The molecular weight excluding hydrogens is 373 g/mol. The second kappa shape index (κ2) is 7.19. The lowest BCUT2D eigenvalue weighted by Gasteiger charge is -2.28. The van der Waals surface area contributed by atoms with Crippen LogP contribution in [0.25, 0.3) is 28.0 Å². The number of halogens is 2. The monoisotopic (exact) mass is 393 g/mol. The molecule has 0 radical (unpaired) electrons. The van der Waals surface area contributed by atoms with Gasteiger partial charge in [0.1, 0.15) is 5.82 Å². The van der Waals surface area contributed by atoms with Crippen molar-refractivity contribution in [2.24, 2.45) is 0 Å². The summed E-state index contributed by atoms with van der Waals surface area (Å²) in [7, 11) is 0. The minimum Gasteiger partial charge on any atom is -0.360 e. The van der Waals surface area contributed by atoms with Gasteiger partial charge >= 0.3 is 0 Å². The number of nitrogens with zero attached hydrogens (tertiary/aromatic N) is 2. The van der Waals surface area contributed by atoms with Crippen molar-refractivity contribution in [1.29, 1.82) is 0 Å². The molecule has 1 aromatic carbocycles. The molecule has 0 spiro atoms. The third kappa shape index (κ3) is 3.17. The van der Waals surface area contributed by atoms with E-state index in [-0.39, 0.29) is 11.2 Å². The van der Waals surface area contributed by atoms with Gasteiger partial charge in [-0.2, -0.15) is 0 Å². The number of fused-ring (bicyclic) bond motifs is 1. The predicted molar refractivity (Wildman–Crippen MR) is 112 cm³/mol. The van der Waals surface area contributed by atoms with Crippen LogP contribution in [0.15, 0.2) is 61.1 Å². The molecule has 5 rings (SSSR count). The fourth-order valence-electron chi connectivity index (χ4n) is 4.45. The van der Waals surface area contributed by atoms with Gasteiger partial charge in [-0.25, -0.2) is 4.39 Å². The minimum absolute atomic E-state index is 0.229. The van der Waals surface area contributed by atoms with Crippen molar-refractivity contribution < 1.29 is 4.39 Å². The Morgan fingerprint density at radius 3 is 2.64 bits per heavy atom. The predicted octanol–water partition coefficient (Wildman–Crippen LogP) is 5.35. The summed E-state index contributed by atoms with van der Waals surface area (Å²) < 4.78 is 13.4. The summed E-state index contributed by atoms with van der Waals surface area (Å²) >= 11 is 6.39. The number of nitrogens with one attached hydrogen (secondary N) is 1. The lowest BCUT2D eigenvalue weighted by molar-refractivity contribution is 0.288. The SMILES string of the molecule is Fc1ccc(-c2[nH]cc(C3=C[C@@H]4C[C@H](Cl)CN4CC3)c2-c2ccncc2)cc1. The number of hydrogen-bond donors (Lipinski definition) is 1. The van der Waals surface area contributed by atoms with Crippen molar-refractivity contribution in [3.05, 3.63) is 72.4 Å². The molecule has 2 aromatic heterocycles. The van der Waals surface area contributed by atoms with Crippen molar-refractivity contribution >= 4 is 17.2 Å². The maximum absolute atomic E-state index is 13.4. The number of hydrogen-bond acceptors (Lipinski definition) is 2. The maximum atomic E-state index is 13.4. The van der Waals surface area contributed by atoms with Crippen LogP contribution in [0.3, 0.4) is 0 Å². The fourth-order valence-corrected chi connectivity index (χ4v) is 4.81. The summed E-state index contributed by atoms with van der Waals surface area (Å²) in [5.41, 5.74) is 6.79. The van der Waals surface area contributed by atoms with E-state index in [1.807, 2.05) is 36.7 Å². The Morgan fingerprint density at radius 1 is 1.07 bits per heavy atom. The first kappa shape index (κ1) is 17.7. The Balaban J connectivity index is 1.63. The lowest BCUT2D eigenvalue weighted by atomic mass is 9.90. The highest BCUT2D eigenvalue weighted by Crippen LogP contribution is 2.41. The summed E-state index contributed by atoms with van der Waals surface area (Å²) in [4.78, 5) is 10.1. The van der Waals surface area contributed by atoms with Crippen LogP contribution in [0.5, 0.6) is 0 Å². The summed E-state index contributed by atoms with van der Waals surface area (Å²) in [5, 5.41) is 0.237. The van der Waals surface area contributed by atoms with Crippen LogP contribution in [0.1, 0.15) is 18.4 Å². The molecule has 1 N–H and O–H groups in total. The molecule has 5 heteroatoms. The van der Waals surface area contributed by atoms with Gasteiger partial charge in [0.15, 0.2) is 0 Å². The van der Waals surface area contributed by atoms with E-state index in [1.165, 1.54) is 23.3 Å². The Hall–Kier alpha value is -2.43. The third-order valence-electron chi connectivity index (χ3n) is 5.79. The summed E-state index contributed by atoms with van der Waals surface area (Å²) in [6.45, 7) is 2.01. The van der Waals surface area contributed by atoms with Gasteiger partial charge in [0.2, 0.25) is 0 Å². The molecule has 0 amide bonds. The molecular formula is C23H21ClFN3. The van der Waals surface area contributed by atoms with Gasteiger partial charge in [0.05, 0.1) is 5.69 Å². The topological polar surface area (TPSA) is 31.9 Å². The van der Waals surface area contributed by atoms with E-state index in [2.05, 4.69) is 27.1 Å². The molecule has 1 fully saturated rings. The van der Waals surface area contributed by atoms with Crippen molar-refractivity contribution in [1.82, 2.24) is 14.9 Å². The van der Waals surface area contributed by atoms with E-state index in [4.69, 9.17) is 11.6 Å². The van der Waals surface area contributed by atoms with Gasteiger partial charge < -0.3 is 4.98 Å². The van der Waals surface area contributed by atoms with Crippen molar-refractivity contribution in [3.8, 4) is 22.4 Å². The Morgan fingerprint density at radius 2 is 1.86 bits per heavy atom. The van der Waals surface area contributed by atoms with Gasteiger partial charge in [0, 0.05) is 54.2 Å². The number of benzene rings is 1. The highest BCUT2D eigenvalue weighted by molar-refractivity contribution is 6.21. The maximum Gasteiger partial charge on any atom is 0.123 e. The molecule has 1 saturated heterocycles. The number of aromatic nitrogens is 2. The smallest absolute Gasteiger partial charge is 0.123 e. The highest BCUT2D eigenvalue weighted by Gasteiger charge is 2.33. The van der Waals surface area contributed by atoms with E-state index >= 15 is 0 Å². The number of H-pyrrole nitrogens is 1. The fraction of sp³-hybridized carbons (Fsp3) is 0.261. The molecule has 3 nitrogen and oxygen atoms in total. The first-order valence-corrected chi connectivity index (χ1v) is 10.1. The molecule has 28 heavy (non-hydrogen) atoms. The molecule has 4 heterocycles. The molecule has 0 unspecified atom stereocenters. The van der Waals surface area contributed by atoms with Crippen molar-refractivity contribution in [3.63, 3.8) is 0 Å². The van der Waals surface area contributed by atoms with Gasteiger partial charge in [-0.3, -0.25) is 9.88 Å². The van der Waals surface area contributed by atoms with Crippen LogP contribution in [0.2, 0.25) is 0 Å². The highest BCUT2D eigenvalue weighted by atomic mass is 35.5. The molecule has 142 valence electrons. The molecule has 2 atom stereocenters. The zero-order chi connectivity index (χ0) is 19.1. The Bertz CT molecular complexity index is 1010. The van der Waals surface area contributed by atoms with Gasteiger partial charge in [-0.05, 0) is 65.9 Å². The average Bonchev–Trinajstić information content (AvgIpc) is 3.31. The van der Waals surface area contributed by atoms with E-state index < -0.39 is 0 Å². The second-order valence-electron chi connectivity index (χ2n) is 7.53. The Kier molecular flexibility index (Phi) is 4.53. The van der Waals surface area contributed by atoms with Gasteiger partial charge in [-0.1, -0.05) is 6.08 Å². The van der Waals surface area contributed by atoms with Crippen LogP contribution in [0.4, 0.5) is 4.39 Å². The third-order valence-corrected chi connectivity index (χ3v) is 6.11. The summed E-state index contributed by atoms with van der Waals surface area (Å²) in [6.07, 6.45) is 10.1. The number of aromatic amines is 1. The van der Waals surface area contributed by atoms with Crippen molar-refractivity contribution in [2.45, 2.75) is 24.3 Å². The molecule has 0 saturated carbocycles. The molecule has 0 aliphatic carbocycles. The standard InChI is InChI=1S/C23H21ClFN3/c24-18-12-20-11-17(7-10-28(20)14-18)21-13-27-23(16-1-3-19(25)4-2-16)22(21)15-5-8-26-9-6-15/h1-6,8-9,11,13,18,20,27H,7,10,12,14H2/t18-,20+/m0/s1. The summed E-state index contributed by atoms with van der Waals surface area (Å²) in [5.74, 6) is -0.229. The second-order valence-corrected chi connectivity index (χ2v) is 8.15. The lowest BCUT2D eigenvalue weighted by Crippen LogP contribution is -2.32. The van der Waals surface area contributed by atoms with Crippen LogP contribution in [-0.4, -0.2) is 39.4 Å². The Labute approximate surface area is 168 Å². The van der Waals surface area contributed by atoms with E-state index in [0.29, 0.717) is 6.04 Å². The zero-order valence-electron chi connectivity index (χ0n) is 15.4. The first-order valence-electron chi connectivity index (χ1n) is 9.66. The molecule has 3 aromatic rings. The quantitative estimate of drug-likeness (QED) is 0.608. The minimum atomic E-state index is -0.229. The number of pyridine rings is 1. The molecule has 2 aliphatic rings. The van der Waals surface area contributed by atoms with Gasteiger partial charge in [0.25, 0.3) is 0 Å². The van der Waals surface area contributed by atoms with Gasteiger partial charge in [-0.15, -0.1) is 11.6 Å². The summed E-state index contributed by atoms with van der Waals surface area (Å²) in [6, 6.07) is 11.1.